The van der Waals surface area contributed by atoms with Gasteiger partial charge in [0.1, 0.15) is 6.04 Å². The topological polar surface area (TPSA) is 49.4 Å². The van der Waals surface area contributed by atoms with Crippen LogP contribution in [0.4, 0.5) is 0 Å². The van der Waals surface area contributed by atoms with Crippen molar-refractivity contribution >= 4 is 23.6 Å². The molecule has 0 spiro atoms. The molecule has 5 heteroatoms. The van der Waals surface area contributed by atoms with E-state index in [1.165, 1.54) is 5.56 Å². The molecule has 2 amide bonds. The van der Waals surface area contributed by atoms with Crippen molar-refractivity contribution in [3.8, 4) is 0 Å². The second-order valence-corrected chi connectivity index (χ2v) is 8.93. The van der Waals surface area contributed by atoms with E-state index in [1.807, 2.05) is 18.7 Å². The number of hydrogen-bond donors (Lipinski definition) is 1. The fourth-order valence-corrected chi connectivity index (χ4v) is 5.07. The van der Waals surface area contributed by atoms with E-state index in [2.05, 4.69) is 43.4 Å². The number of thioether (sulfide) groups is 1. The Morgan fingerprint density at radius 1 is 1.38 bits per heavy atom. The Balaban J connectivity index is 1.74. The van der Waals surface area contributed by atoms with Gasteiger partial charge in [0.2, 0.25) is 11.8 Å². The van der Waals surface area contributed by atoms with Crippen LogP contribution in [0.25, 0.3) is 0 Å². The van der Waals surface area contributed by atoms with Crippen LogP contribution in [0.5, 0.6) is 0 Å². The van der Waals surface area contributed by atoms with E-state index in [0.717, 1.165) is 18.4 Å². The Bertz CT molecular complexity index is 656. The van der Waals surface area contributed by atoms with Crippen LogP contribution in [0.2, 0.25) is 0 Å². The van der Waals surface area contributed by atoms with Crippen molar-refractivity contribution in [2.45, 2.75) is 63.4 Å². The molecule has 2 heterocycles. The van der Waals surface area contributed by atoms with Crippen LogP contribution in [0.1, 0.15) is 51.7 Å². The number of nitrogens with one attached hydrogen (secondary N) is 1. The van der Waals surface area contributed by atoms with Crippen molar-refractivity contribution in [3.63, 3.8) is 0 Å². The quantitative estimate of drug-likeness (QED) is 0.911. The lowest BCUT2D eigenvalue weighted by Crippen LogP contribution is -2.53. The van der Waals surface area contributed by atoms with Gasteiger partial charge in [0.05, 0.1) is 10.4 Å². The molecule has 130 valence electrons. The van der Waals surface area contributed by atoms with Crippen molar-refractivity contribution in [2.75, 3.05) is 5.75 Å². The molecule has 1 aromatic carbocycles. The second kappa shape index (κ2) is 6.10. The van der Waals surface area contributed by atoms with Crippen LogP contribution < -0.4 is 5.32 Å². The normalized spacial score (nSPS) is 26.6. The zero-order valence-electron chi connectivity index (χ0n) is 14.9. The highest BCUT2D eigenvalue weighted by molar-refractivity contribution is 8.01. The lowest BCUT2D eigenvalue weighted by molar-refractivity contribution is -0.138. The lowest BCUT2D eigenvalue weighted by Gasteiger charge is -2.33. The molecule has 0 aliphatic carbocycles. The number of nitrogens with zero attached hydrogens (tertiary/aromatic N) is 1. The van der Waals surface area contributed by atoms with E-state index in [9.17, 15) is 9.59 Å². The monoisotopic (exact) mass is 346 g/mol. The Labute approximate surface area is 148 Å². The number of aryl methyl sites for hydroxylation is 1. The van der Waals surface area contributed by atoms with Gasteiger partial charge in [-0.2, -0.15) is 0 Å². The number of carbonyl (C=O) groups is 2. The van der Waals surface area contributed by atoms with E-state index >= 15 is 0 Å². The van der Waals surface area contributed by atoms with Gasteiger partial charge in [-0.15, -0.1) is 11.8 Å². The van der Waals surface area contributed by atoms with Gasteiger partial charge < -0.3 is 10.2 Å². The molecule has 3 rings (SSSR count). The molecule has 1 aromatic rings. The Kier molecular flexibility index (Phi) is 4.41. The minimum Gasteiger partial charge on any atom is -0.345 e. The summed E-state index contributed by atoms with van der Waals surface area (Å²) >= 11 is 1.73. The third-order valence-electron chi connectivity index (χ3n) is 5.27. The van der Waals surface area contributed by atoms with E-state index in [4.69, 9.17) is 0 Å². The van der Waals surface area contributed by atoms with Crippen LogP contribution in [-0.4, -0.2) is 33.4 Å². The summed E-state index contributed by atoms with van der Waals surface area (Å²) in [5, 5.41) is 3.16. The Hall–Kier alpha value is -1.49. The van der Waals surface area contributed by atoms with E-state index in [1.54, 1.807) is 11.8 Å². The zero-order chi connectivity index (χ0) is 17.5. The largest absolute Gasteiger partial charge is 0.345 e. The third kappa shape index (κ3) is 2.94. The molecule has 4 nitrogen and oxygen atoms in total. The van der Waals surface area contributed by atoms with Gasteiger partial charge in [-0.25, -0.2) is 0 Å². The minimum absolute atomic E-state index is 0.0500. The summed E-state index contributed by atoms with van der Waals surface area (Å²) in [6.45, 7) is 8.23. The van der Waals surface area contributed by atoms with Crippen molar-refractivity contribution in [1.29, 1.82) is 0 Å². The molecule has 24 heavy (non-hydrogen) atoms. The minimum atomic E-state index is -0.463. The molecule has 0 bridgehead atoms. The Morgan fingerprint density at radius 2 is 2.04 bits per heavy atom. The highest BCUT2D eigenvalue weighted by Gasteiger charge is 2.53. The van der Waals surface area contributed by atoms with Crippen LogP contribution in [0.15, 0.2) is 24.3 Å². The summed E-state index contributed by atoms with van der Waals surface area (Å²) in [7, 11) is 0. The second-order valence-electron chi connectivity index (χ2n) is 7.43. The highest BCUT2D eigenvalue weighted by atomic mass is 32.2. The maximum Gasteiger partial charge on any atom is 0.244 e. The van der Waals surface area contributed by atoms with Gasteiger partial charge in [0.15, 0.2) is 0 Å². The number of rotatable bonds is 4. The molecule has 2 atom stereocenters. The predicted octanol–water partition coefficient (Wildman–Crippen LogP) is 3.05. The maximum absolute atomic E-state index is 12.9. The van der Waals surface area contributed by atoms with E-state index < -0.39 is 5.54 Å². The number of amides is 2. The number of fused-ring (bicyclic) bond motifs is 1. The van der Waals surface area contributed by atoms with Crippen molar-refractivity contribution in [2.24, 2.45) is 0 Å². The first kappa shape index (κ1) is 17.3. The first-order chi connectivity index (χ1) is 11.3. The third-order valence-corrected chi connectivity index (χ3v) is 6.77. The summed E-state index contributed by atoms with van der Waals surface area (Å²) in [5.74, 6) is 0.734. The average Bonchev–Trinajstić information content (AvgIpc) is 3.03. The summed E-state index contributed by atoms with van der Waals surface area (Å²) in [5.41, 5.74) is 1.90. The van der Waals surface area contributed by atoms with E-state index in [0.29, 0.717) is 12.2 Å². The van der Waals surface area contributed by atoms with Crippen LogP contribution >= 0.6 is 11.8 Å². The molecule has 2 fully saturated rings. The van der Waals surface area contributed by atoms with Crippen LogP contribution in [0, 0.1) is 0 Å². The van der Waals surface area contributed by atoms with E-state index in [-0.39, 0.29) is 22.7 Å². The summed E-state index contributed by atoms with van der Waals surface area (Å²) in [4.78, 5) is 26.7. The predicted molar refractivity (Wildman–Crippen MR) is 97.7 cm³/mol. The molecule has 2 aliphatic heterocycles. The fourth-order valence-electron chi connectivity index (χ4n) is 3.64. The molecule has 0 aromatic heterocycles. The maximum atomic E-state index is 12.9. The van der Waals surface area contributed by atoms with Crippen LogP contribution in [-0.2, 0) is 21.5 Å². The summed E-state index contributed by atoms with van der Waals surface area (Å²) in [6.07, 6.45) is 2.39. The molecular weight excluding hydrogens is 320 g/mol. The molecule has 0 unspecified atom stereocenters. The van der Waals surface area contributed by atoms with Crippen molar-refractivity contribution in [1.82, 2.24) is 10.2 Å². The smallest absolute Gasteiger partial charge is 0.244 e. The van der Waals surface area contributed by atoms with Crippen molar-refractivity contribution < 1.29 is 9.59 Å². The first-order valence-electron chi connectivity index (χ1n) is 8.64. The summed E-state index contributed by atoms with van der Waals surface area (Å²) < 4.78 is 0. The van der Waals surface area contributed by atoms with Crippen molar-refractivity contribution in [3.05, 3.63) is 35.4 Å². The fraction of sp³-hybridized carbons (Fsp3) is 0.579. The highest BCUT2D eigenvalue weighted by Crippen LogP contribution is 2.47. The summed E-state index contributed by atoms with van der Waals surface area (Å²) in [6, 6.07) is 8.01. The molecule has 1 N–H and O–H groups in total. The molecule has 2 saturated heterocycles. The molecule has 0 saturated carbocycles. The Morgan fingerprint density at radius 3 is 2.67 bits per heavy atom. The molecule has 0 radical (unpaired) electrons. The molecule has 2 aliphatic rings. The number of benzene rings is 1. The van der Waals surface area contributed by atoms with Gasteiger partial charge >= 0.3 is 0 Å². The SMILES string of the molecule is CCc1ccc(C(C)(C)NC(=O)[C@H]2CS[C@@]3(C)CCC(=O)N23)cc1. The van der Waals surface area contributed by atoms with Gasteiger partial charge in [-0.3, -0.25) is 9.59 Å². The number of carbonyl (C=O) groups excluding carboxylic acids is 2. The average molecular weight is 346 g/mol. The van der Waals surface area contributed by atoms with Gasteiger partial charge in [0, 0.05) is 12.2 Å². The van der Waals surface area contributed by atoms with Crippen LogP contribution in [0.3, 0.4) is 0 Å². The zero-order valence-corrected chi connectivity index (χ0v) is 15.7. The molecular formula is C19H26N2O2S. The van der Waals surface area contributed by atoms with Gasteiger partial charge in [0.25, 0.3) is 0 Å². The van der Waals surface area contributed by atoms with Gasteiger partial charge in [-0.1, -0.05) is 31.2 Å². The lowest BCUT2D eigenvalue weighted by atomic mass is 9.92. The van der Waals surface area contributed by atoms with Gasteiger partial charge in [-0.05, 0) is 44.7 Å². The standard InChI is InChI=1S/C19H26N2O2S/c1-5-13-6-8-14(9-7-13)18(2,3)20-17(23)15-12-24-19(4)11-10-16(22)21(15)19/h6-9,15H,5,10-12H2,1-4H3,(H,20,23)/t15-,19+/m1/s1. The first-order valence-corrected chi connectivity index (χ1v) is 9.63. The number of hydrogen-bond acceptors (Lipinski definition) is 3.